The molecule has 0 spiro atoms. The predicted molar refractivity (Wildman–Crippen MR) is 52.8 cm³/mol. The second-order valence-corrected chi connectivity index (χ2v) is 3.62. The second-order valence-electron chi connectivity index (χ2n) is 3.62. The summed E-state index contributed by atoms with van der Waals surface area (Å²) in [5, 5.41) is 0. The summed E-state index contributed by atoms with van der Waals surface area (Å²) >= 11 is 0. The van der Waals surface area contributed by atoms with Crippen LogP contribution in [0.25, 0.3) is 0 Å². The lowest BCUT2D eigenvalue weighted by Crippen LogP contribution is -1.97. The molecule has 0 aliphatic carbocycles. The van der Waals surface area contributed by atoms with E-state index in [1.54, 1.807) is 12.4 Å². The maximum Gasteiger partial charge on any atom is 0.151 e. The van der Waals surface area contributed by atoms with E-state index < -0.39 is 0 Å². The van der Waals surface area contributed by atoms with Gasteiger partial charge in [-0.2, -0.15) is 0 Å². The molecule has 0 amide bonds. The molecule has 0 fully saturated rings. The Hall–Kier alpha value is -1.18. The first-order valence-electron chi connectivity index (χ1n) is 4.62. The van der Waals surface area contributed by atoms with Crippen LogP contribution < -0.4 is 0 Å². The smallest absolute Gasteiger partial charge is 0.151 e. The number of hydrogen-bond donors (Lipinski definition) is 0. The van der Waals surface area contributed by atoms with Gasteiger partial charge in [0.15, 0.2) is 6.29 Å². The van der Waals surface area contributed by atoms with Crippen LogP contribution in [0.3, 0.4) is 0 Å². The normalized spacial score (nSPS) is 10.4. The average molecular weight is 177 g/mol. The van der Waals surface area contributed by atoms with Crippen LogP contribution in [0.1, 0.15) is 36.2 Å². The van der Waals surface area contributed by atoms with Crippen molar-refractivity contribution in [3.05, 3.63) is 29.6 Å². The zero-order valence-electron chi connectivity index (χ0n) is 8.16. The van der Waals surface area contributed by atoms with Crippen molar-refractivity contribution in [1.82, 2.24) is 4.98 Å². The number of aldehydes is 1. The molecule has 0 unspecified atom stereocenters. The Bertz CT molecular complexity index is 281. The molecule has 0 saturated carbocycles. The molecule has 70 valence electrons. The Balaban J connectivity index is 2.69. The largest absolute Gasteiger partial charge is 0.298 e. The Morgan fingerprint density at radius 1 is 1.54 bits per heavy atom. The minimum absolute atomic E-state index is 0.674. The fraction of sp³-hybridized carbons (Fsp3) is 0.455. The van der Waals surface area contributed by atoms with E-state index in [9.17, 15) is 4.79 Å². The van der Waals surface area contributed by atoms with Gasteiger partial charge in [0.25, 0.3) is 0 Å². The highest BCUT2D eigenvalue weighted by molar-refractivity contribution is 5.76. The van der Waals surface area contributed by atoms with Crippen LogP contribution in [0.2, 0.25) is 0 Å². The number of hydrogen-bond acceptors (Lipinski definition) is 2. The van der Waals surface area contributed by atoms with Crippen LogP contribution in [0.15, 0.2) is 18.5 Å². The molecule has 0 bridgehead atoms. The lowest BCUT2D eigenvalue weighted by molar-refractivity contribution is 0.112. The summed E-state index contributed by atoms with van der Waals surface area (Å²) in [7, 11) is 0. The van der Waals surface area contributed by atoms with E-state index in [0.717, 1.165) is 30.3 Å². The molecule has 1 aromatic rings. The number of nitrogens with zero attached hydrogens (tertiary/aromatic N) is 1. The molecule has 0 saturated heterocycles. The number of pyridine rings is 1. The third kappa shape index (κ3) is 2.98. The van der Waals surface area contributed by atoms with Crippen molar-refractivity contribution in [3.63, 3.8) is 0 Å². The zero-order valence-corrected chi connectivity index (χ0v) is 8.16. The minimum Gasteiger partial charge on any atom is -0.298 e. The minimum atomic E-state index is 0.674. The van der Waals surface area contributed by atoms with Gasteiger partial charge < -0.3 is 0 Å². The molecule has 2 nitrogen and oxygen atoms in total. The van der Waals surface area contributed by atoms with Crippen molar-refractivity contribution in [1.29, 1.82) is 0 Å². The molecule has 1 heterocycles. The number of carbonyl (C=O) groups is 1. The summed E-state index contributed by atoms with van der Waals surface area (Å²) in [4.78, 5) is 14.5. The lowest BCUT2D eigenvalue weighted by atomic mass is 10.0. The van der Waals surface area contributed by atoms with Crippen molar-refractivity contribution in [2.75, 3.05) is 0 Å². The summed E-state index contributed by atoms with van der Waals surface area (Å²) in [6.45, 7) is 4.36. The molecule has 1 rings (SSSR count). The van der Waals surface area contributed by atoms with E-state index in [0.29, 0.717) is 5.92 Å². The summed E-state index contributed by atoms with van der Waals surface area (Å²) in [5.74, 6) is 0.674. The van der Waals surface area contributed by atoms with Crippen molar-refractivity contribution in [2.24, 2.45) is 5.92 Å². The van der Waals surface area contributed by atoms with Crippen molar-refractivity contribution in [3.8, 4) is 0 Å². The molecule has 0 aliphatic rings. The van der Waals surface area contributed by atoms with Crippen molar-refractivity contribution < 1.29 is 4.79 Å². The quantitative estimate of drug-likeness (QED) is 0.661. The van der Waals surface area contributed by atoms with E-state index in [4.69, 9.17) is 0 Å². The van der Waals surface area contributed by atoms with Gasteiger partial charge in [0.1, 0.15) is 0 Å². The maximum absolute atomic E-state index is 10.6. The monoisotopic (exact) mass is 177 g/mol. The first-order chi connectivity index (χ1) is 6.24. The molecule has 13 heavy (non-hydrogen) atoms. The molecular weight excluding hydrogens is 162 g/mol. The van der Waals surface area contributed by atoms with Crippen molar-refractivity contribution in [2.45, 2.75) is 26.7 Å². The van der Waals surface area contributed by atoms with Gasteiger partial charge in [-0.1, -0.05) is 13.8 Å². The van der Waals surface area contributed by atoms with Gasteiger partial charge in [-0.15, -0.1) is 0 Å². The molecule has 0 N–H and O–H groups in total. The zero-order chi connectivity index (χ0) is 9.68. The SMILES string of the molecule is CC(C)CCc1ccncc1C=O. The fourth-order valence-corrected chi connectivity index (χ4v) is 1.21. The highest BCUT2D eigenvalue weighted by Gasteiger charge is 2.01. The molecule has 2 heteroatoms. The highest BCUT2D eigenvalue weighted by Crippen LogP contribution is 2.11. The summed E-state index contributed by atoms with van der Waals surface area (Å²) < 4.78 is 0. The molecule has 0 atom stereocenters. The third-order valence-electron chi connectivity index (χ3n) is 2.06. The van der Waals surface area contributed by atoms with Crippen LogP contribution >= 0.6 is 0 Å². The van der Waals surface area contributed by atoms with Gasteiger partial charge in [0, 0.05) is 18.0 Å². The van der Waals surface area contributed by atoms with Gasteiger partial charge in [0.2, 0.25) is 0 Å². The first-order valence-corrected chi connectivity index (χ1v) is 4.62. The fourth-order valence-electron chi connectivity index (χ4n) is 1.21. The van der Waals surface area contributed by atoms with Gasteiger partial charge in [-0.3, -0.25) is 9.78 Å². The van der Waals surface area contributed by atoms with Crippen molar-refractivity contribution >= 4 is 6.29 Å². The third-order valence-corrected chi connectivity index (χ3v) is 2.06. The predicted octanol–water partition coefficient (Wildman–Crippen LogP) is 2.48. The summed E-state index contributed by atoms with van der Waals surface area (Å²) in [5.41, 5.74) is 1.84. The van der Waals surface area contributed by atoms with Crippen LogP contribution in [0.5, 0.6) is 0 Å². The van der Waals surface area contributed by atoms with Gasteiger partial charge in [-0.05, 0) is 30.4 Å². The molecule has 1 aromatic heterocycles. The van der Waals surface area contributed by atoms with Crippen LogP contribution in [0, 0.1) is 5.92 Å². The highest BCUT2D eigenvalue weighted by atomic mass is 16.1. The number of carbonyl (C=O) groups excluding carboxylic acids is 1. The first kappa shape index (κ1) is 9.90. The van der Waals surface area contributed by atoms with E-state index in [-0.39, 0.29) is 0 Å². The van der Waals surface area contributed by atoms with Gasteiger partial charge >= 0.3 is 0 Å². The Labute approximate surface area is 79.0 Å². The van der Waals surface area contributed by atoms with Gasteiger partial charge in [0.05, 0.1) is 0 Å². The van der Waals surface area contributed by atoms with E-state index >= 15 is 0 Å². The number of aromatic nitrogens is 1. The second kappa shape index (κ2) is 4.75. The molecular formula is C11H15NO. The molecule has 0 aromatic carbocycles. The summed E-state index contributed by atoms with van der Waals surface area (Å²) in [6.07, 6.45) is 6.33. The standard InChI is InChI=1S/C11H15NO/c1-9(2)3-4-10-5-6-12-7-11(10)8-13/h5-9H,3-4H2,1-2H3. The van der Waals surface area contributed by atoms with E-state index in [2.05, 4.69) is 18.8 Å². The van der Waals surface area contributed by atoms with Crippen LogP contribution in [-0.4, -0.2) is 11.3 Å². The van der Waals surface area contributed by atoms with E-state index in [1.807, 2.05) is 6.07 Å². The summed E-state index contributed by atoms with van der Waals surface area (Å²) in [6, 6.07) is 1.92. The Morgan fingerprint density at radius 3 is 2.92 bits per heavy atom. The van der Waals surface area contributed by atoms with E-state index in [1.165, 1.54) is 0 Å². The maximum atomic E-state index is 10.6. The lowest BCUT2D eigenvalue weighted by Gasteiger charge is -2.05. The molecule has 0 radical (unpaired) electrons. The van der Waals surface area contributed by atoms with Crippen LogP contribution in [-0.2, 0) is 6.42 Å². The average Bonchev–Trinajstić information content (AvgIpc) is 2.15. The number of aryl methyl sites for hydroxylation is 1. The Morgan fingerprint density at radius 2 is 2.31 bits per heavy atom. The molecule has 0 aliphatic heterocycles. The van der Waals surface area contributed by atoms with Gasteiger partial charge in [-0.25, -0.2) is 0 Å². The number of rotatable bonds is 4. The van der Waals surface area contributed by atoms with Crippen LogP contribution in [0.4, 0.5) is 0 Å². The Kier molecular flexibility index (Phi) is 3.62. The topological polar surface area (TPSA) is 30.0 Å².